The minimum atomic E-state index is -0.378. The summed E-state index contributed by atoms with van der Waals surface area (Å²) in [5, 5.41) is 7.30. The lowest BCUT2D eigenvalue weighted by molar-refractivity contribution is 0.0934. The van der Waals surface area contributed by atoms with E-state index in [-0.39, 0.29) is 18.2 Å². The second-order valence-corrected chi connectivity index (χ2v) is 8.08. The Hall–Kier alpha value is -2.94. The lowest BCUT2D eigenvalue weighted by atomic mass is 10.0. The lowest BCUT2D eigenvalue weighted by Crippen LogP contribution is -2.39. The van der Waals surface area contributed by atoms with Gasteiger partial charge in [-0.25, -0.2) is 4.79 Å². The Morgan fingerprint density at radius 2 is 2.07 bits per heavy atom. The van der Waals surface area contributed by atoms with Crippen LogP contribution in [0.3, 0.4) is 0 Å². The fraction of sp³-hybridized carbons (Fsp3) is 0.429. The molecule has 0 bridgehead atoms. The lowest BCUT2D eigenvalue weighted by Gasteiger charge is -2.28. The summed E-state index contributed by atoms with van der Waals surface area (Å²) in [6.45, 7) is 5.57. The van der Waals surface area contributed by atoms with Gasteiger partial charge in [0.25, 0.3) is 5.91 Å². The van der Waals surface area contributed by atoms with E-state index < -0.39 is 0 Å². The first-order valence-electron chi connectivity index (χ1n) is 10.00. The number of rotatable bonds is 5. The molecule has 9 heteroatoms. The summed E-state index contributed by atoms with van der Waals surface area (Å²) in [6, 6.07) is 5.61. The van der Waals surface area contributed by atoms with Crippen molar-refractivity contribution in [3.63, 3.8) is 0 Å². The van der Waals surface area contributed by atoms with Crippen molar-refractivity contribution >= 4 is 28.3 Å². The third-order valence-corrected chi connectivity index (χ3v) is 6.33. The molecule has 0 spiro atoms. The van der Waals surface area contributed by atoms with Gasteiger partial charge in [0.15, 0.2) is 11.5 Å². The largest absolute Gasteiger partial charge is 0.493 e. The van der Waals surface area contributed by atoms with Crippen LogP contribution in [0, 0.1) is 0 Å². The Morgan fingerprint density at radius 1 is 1.23 bits per heavy atom. The van der Waals surface area contributed by atoms with Crippen LogP contribution in [0.2, 0.25) is 0 Å². The molecule has 3 heterocycles. The first-order valence-corrected chi connectivity index (χ1v) is 10.8. The van der Waals surface area contributed by atoms with Crippen LogP contribution in [-0.4, -0.2) is 43.8 Å². The maximum Gasteiger partial charge on any atom is 0.410 e. The van der Waals surface area contributed by atoms with E-state index in [0.29, 0.717) is 49.8 Å². The molecule has 4 rings (SSSR count). The number of nitrogens with zero attached hydrogens (tertiary/aromatic N) is 1. The maximum absolute atomic E-state index is 12.9. The van der Waals surface area contributed by atoms with Crippen molar-refractivity contribution in [3.8, 4) is 11.5 Å². The highest BCUT2D eigenvalue weighted by molar-refractivity contribution is 7.16. The van der Waals surface area contributed by atoms with Crippen LogP contribution in [0.25, 0.3) is 0 Å². The minimum Gasteiger partial charge on any atom is -0.493 e. The number of carbonyl (C=O) groups excluding carboxylic acids is 2. The Bertz CT molecular complexity index is 974. The molecule has 8 nitrogen and oxygen atoms in total. The molecule has 0 aliphatic carbocycles. The van der Waals surface area contributed by atoms with E-state index >= 15 is 0 Å². The summed E-state index contributed by atoms with van der Waals surface area (Å²) in [7, 11) is 1.60. The first-order chi connectivity index (χ1) is 14.5. The molecule has 1 aromatic heterocycles. The van der Waals surface area contributed by atoms with Crippen molar-refractivity contribution in [3.05, 3.63) is 39.8 Å². The molecule has 2 aromatic rings. The highest BCUT2D eigenvalue weighted by atomic mass is 32.1. The molecule has 2 amide bonds. The van der Waals surface area contributed by atoms with Gasteiger partial charge < -0.3 is 29.7 Å². The van der Waals surface area contributed by atoms with Gasteiger partial charge >= 0.3 is 6.09 Å². The molecular weight excluding hydrogens is 406 g/mol. The maximum atomic E-state index is 12.9. The third kappa shape index (κ3) is 3.65. The zero-order valence-corrected chi connectivity index (χ0v) is 18.1. The monoisotopic (exact) mass is 431 g/mol. The zero-order chi connectivity index (χ0) is 21.3. The number of hydrogen-bond donors (Lipinski definition) is 2. The predicted molar refractivity (Wildman–Crippen MR) is 113 cm³/mol. The van der Waals surface area contributed by atoms with Gasteiger partial charge in [0.2, 0.25) is 0 Å². The number of thiophene rings is 1. The van der Waals surface area contributed by atoms with E-state index in [2.05, 4.69) is 10.6 Å². The minimum absolute atomic E-state index is 0.107. The zero-order valence-electron chi connectivity index (χ0n) is 17.2. The number of hydrogen-bond acceptors (Lipinski definition) is 7. The molecule has 0 saturated carbocycles. The summed E-state index contributed by atoms with van der Waals surface area (Å²) in [6.07, 6.45) is -0.0561. The highest BCUT2D eigenvalue weighted by Gasteiger charge is 2.34. The molecule has 0 unspecified atom stereocenters. The van der Waals surface area contributed by atoms with Gasteiger partial charge in [-0.15, -0.1) is 11.3 Å². The van der Waals surface area contributed by atoms with Crippen LogP contribution >= 0.6 is 11.3 Å². The Morgan fingerprint density at radius 3 is 2.80 bits per heavy atom. The van der Waals surface area contributed by atoms with Gasteiger partial charge in [0.1, 0.15) is 11.2 Å². The summed E-state index contributed by atoms with van der Waals surface area (Å²) < 4.78 is 16.1. The van der Waals surface area contributed by atoms with E-state index in [4.69, 9.17) is 14.2 Å². The van der Waals surface area contributed by atoms with Gasteiger partial charge in [-0.2, -0.15) is 0 Å². The third-order valence-electron chi connectivity index (χ3n) is 5.18. The molecule has 0 fully saturated rings. The average molecular weight is 432 g/mol. The molecular formula is C21H25N3O5S. The standard InChI is InChI=1S/C21H25N3O5S/c1-4-28-15-10-12(6-7-14(15)27-3)18-22-19(25)17-13-8-9-24(21(26)29-5-2)11-16(13)30-20(17)23-18/h6-7,10,18,23H,4-5,8-9,11H2,1-3H3,(H,22,25)/t18-/m1/s1. The summed E-state index contributed by atoms with van der Waals surface area (Å²) >= 11 is 1.52. The number of fused-ring (bicyclic) bond motifs is 3. The highest BCUT2D eigenvalue weighted by Crippen LogP contribution is 2.41. The van der Waals surface area contributed by atoms with Crippen molar-refractivity contribution in [1.82, 2.24) is 10.2 Å². The fourth-order valence-electron chi connectivity index (χ4n) is 3.79. The molecule has 2 N–H and O–H groups in total. The SMILES string of the molecule is CCOC(=O)N1CCc2c(sc3c2C(=O)N[C@@H](c2ccc(OC)c(OCC)c2)N3)C1. The number of anilines is 1. The summed E-state index contributed by atoms with van der Waals surface area (Å²) in [5.41, 5.74) is 2.58. The number of ether oxygens (including phenoxy) is 3. The summed E-state index contributed by atoms with van der Waals surface area (Å²) in [5.74, 6) is 1.17. The first kappa shape index (κ1) is 20.3. The van der Waals surface area contributed by atoms with E-state index in [1.54, 1.807) is 18.9 Å². The van der Waals surface area contributed by atoms with Crippen molar-refractivity contribution < 1.29 is 23.8 Å². The number of methoxy groups -OCH3 is 1. The van der Waals surface area contributed by atoms with Gasteiger partial charge in [-0.3, -0.25) is 4.79 Å². The number of amides is 2. The van der Waals surface area contributed by atoms with Crippen molar-refractivity contribution in [1.29, 1.82) is 0 Å². The van der Waals surface area contributed by atoms with E-state index in [1.807, 2.05) is 25.1 Å². The molecule has 1 aromatic carbocycles. The van der Waals surface area contributed by atoms with Gasteiger partial charge in [-0.05, 0) is 43.5 Å². The van der Waals surface area contributed by atoms with E-state index in [0.717, 1.165) is 21.0 Å². The van der Waals surface area contributed by atoms with Gasteiger partial charge in [-0.1, -0.05) is 6.07 Å². The molecule has 30 heavy (non-hydrogen) atoms. The second-order valence-electron chi connectivity index (χ2n) is 6.97. The Labute approximate surface area is 179 Å². The topological polar surface area (TPSA) is 89.1 Å². The van der Waals surface area contributed by atoms with Crippen LogP contribution in [0.1, 0.15) is 46.4 Å². The Kier molecular flexibility index (Phi) is 5.72. The normalized spacial score (nSPS) is 17.4. The predicted octanol–water partition coefficient (Wildman–Crippen LogP) is 3.52. The van der Waals surface area contributed by atoms with E-state index in [9.17, 15) is 9.59 Å². The molecule has 2 aliphatic heterocycles. The van der Waals surface area contributed by atoms with Crippen LogP contribution in [-0.2, 0) is 17.7 Å². The van der Waals surface area contributed by atoms with Crippen LogP contribution in [0.4, 0.5) is 9.80 Å². The molecule has 2 aliphatic rings. The Balaban J connectivity index is 1.59. The van der Waals surface area contributed by atoms with Gasteiger partial charge in [0.05, 0.1) is 32.4 Å². The van der Waals surface area contributed by atoms with Crippen LogP contribution < -0.4 is 20.1 Å². The summed E-state index contributed by atoms with van der Waals surface area (Å²) in [4.78, 5) is 27.7. The molecule has 0 radical (unpaired) electrons. The van der Waals surface area contributed by atoms with Gasteiger partial charge in [0, 0.05) is 11.4 Å². The number of benzene rings is 1. The van der Waals surface area contributed by atoms with Crippen LogP contribution in [0.15, 0.2) is 18.2 Å². The van der Waals surface area contributed by atoms with Crippen molar-refractivity contribution in [2.75, 3.05) is 32.2 Å². The van der Waals surface area contributed by atoms with Crippen molar-refractivity contribution in [2.24, 2.45) is 0 Å². The van der Waals surface area contributed by atoms with Crippen molar-refractivity contribution in [2.45, 2.75) is 33.0 Å². The van der Waals surface area contributed by atoms with Crippen LogP contribution in [0.5, 0.6) is 11.5 Å². The smallest absolute Gasteiger partial charge is 0.410 e. The quantitative estimate of drug-likeness (QED) is 0.753. The second kappa shape index (κ2) is 8.43. The molecule has 1 atom stereocenters. The van der Waals surface area contributed by atoms with E-state index in [1.165, 1.54) is 11.3 Å². The average Bonchev–Trinajstić information content (AvgIpc) is 3.12. The molecule has 160 valence electrons. The number of nitrogens with one attached hydrogen (secondary N) is 2. The fourth-order valence-corrected chi connectivity index (χ4v) is 5.08. The molecule has 0 saturated heterocycles. The number of carbonyl (C=O) groups is 2.